The van der Waals surface area contributed by atoms with Crippen LogP contribution in [0.15, 0.2) is 30.3 Å². The van der Waals surface area contributed by atoms with E-state index in [9.17, 15) is 4.79 Å². The van der Waals surface area contributed by atoms with Crippen LogP contribution in [0.1, 0.15) is 12.5 Å². The average Bonchev–Trinajstić information content (AvgIpc) is 2.52. The van der Waals surface area contributed by atoms with Crippen molar-refractivity contribution in [2.75, 3.05) is 39.3 Å². The van der Waals surface area contributed by atoms with Gasteiger partial charge in [0.25, 0.3) is 0 Å². The van der Waals surface area contributed by atoms with Gasteiger partial charge in [-0.25, -0.2) is 4.79 Å². The van der Waals surface area contributed by atoms with Crippen LogP contribution in [0.25, 0.3) is 0 Å². The fourth-order valence-corrected chi connectivity index (χ4v) is 2.17. The molecule has 0 spiro atoms. The molecule has 0 aromatic heterocycles. The van der Waals surface area contributed by atoms with Gasteiger partial charge in [0.2, 0.25) is 0 Å². The van der Waals surface area contributed by atoms with Crippen LogP contribution in [0.5, 0.6) is 0 Å². The number of benzene rings is 1. The van der Waals surface area contributed by atoms with E-state index in [4.69, 9.17) is 0 Å². The number of nitrogens with zero attached hydrogens (tertiary/aromatic N) is 2. The van der Waals surface area contributed by atoms with Crippen LogP contribution >= 0.6 is 0 Å². The van der Waals surface area contributed by atoms with Gasteiger partial charge in [0.15, 0.2) is 0 Å². The second-order valence-corrected chi connectivity index (χ2v) is 4.75. The highest BCUT2D eigenvalue weighted by Gasteiger charge is 2.19. The molecular weight excluding hydrogens is 250 g/mol. The summed E-state index contributed by atoms with van der Waals surface area (Å²) in [4.78, 5) is 16.1. The first-order chi connectivity index (χ1) is 9.79. The Labute approximate surface area is 120 Å². The molecule has 0 aliphatic carbocycles. The summed E-state index contributed by atoms with van der Waals surface area (Å²) in [5.74, 6) is 6.00. The second kappa shape index (κ2) is 7.56. The molecule has 1 aliphatic rings. The molecule has 1 heterocycles. The first-order valence-corrected chi connectivity index (χ1v) is 7.08. The molecule has 20 heavy (non-hydrogen) atoms. The third kappa shape index (κ3) is 4.29. The normalized spacial score (nSPS) is 15.3. The lowest BCUT2D eigenvalue weighted by atomic mass is 10.2. The minimum atomic E-state index is -0.0110. The van der Waals surface area contributed by atoms with E-state index < -0.39 is 0 Å². The summed E-state index contributed by atoms with van der Waals surface area (Å²) in [6.07, 6.45) is 0. The van der Waals surface area contributed by atoms with E-state index in [0.717, 1.165) is 38.3 Å². The van der Waals surface area contributed by atoms with Crippen LogP contribution in [0.4, 0.5) is 4.79 Å². The molecule has 0 atom stereocenters. The van der Waals surface area contributed by atoms with E-state index in [1.54, 1.807) is 0 Å². The van der Waals surface area contributed by atoms with Gasteiger partial charge < -0.3 is 15.1 Å². The molecular formula is C16H21N3O. The Kier molecular flexibility index (Phi) is 5.45. The Balaban J connectivity index is 1.72. The fraction of sp³-hybridized carbons (Fsp3) is 0.438. The molecule has 4 heteroatoms. The van der Waals surface area contributed by atoms with Crippen molar-refractivity contribution in [3.8, 4) is 11.8 Å². The Morgan fingerprint density at radius 3 is 2.55 bits per heavy atom. The largest absolute Gasteiger partial charge is 0.327 e. The number of hydrogen-bond donors (Lipinski definition) is 1. The highest BCUT2D eigenvalue weighted by molar-refractivity contribution is 5.74. The lowest BCUT2D eigenvalue weighted by molar-refractivity contribution is 0.144. The van der Waals surface area contributed by atoms with Crippen molar-refractivity contribution < 1.29 is 4.79 Å². The monoisotopic (exact) mass is 271 g/mol. The van der Waals surface area contributed by atoms with Gasteiger partial charge >= 0.3 is 6.03 Å². The Hall–Kier alpha value is -1.99. The molecule has 4 nitrogen and oxygen atoms in total. The number of carbonyl (C=O) groups is 1. The minimum absolute atomic E-state index is 0.0110. The summed E-state index contributed by atoms with van der Waals surface area (Å²) in [6, 6.07) is 9.77. The van der Waals surface area contributed by atoms with Crippen LogP contribution in [0.2, 0.25) is 0 Å². The van der Waals surface area contributed by atoms with E-state index in [1.807, 2.05) is 35.2 Å². The molecule has 1 saturated heterocycles. The van der Waals surface area contributed by atoms with Gasteiger partial charge in [0.05, 0.1) is 6.54 Å². The van der Waals surface area contributed by atoms with Crippen molar-refractivity contribution in [3.05, 3.63) is 35.9 Å². The number of likely N-dealkylation sites (N-methyl/N-ethyl adjacent to an activating group) is 1. The van der Waals surface area contributed by atoms with Crippen molar-refractivity contribution in [3.63, 3.8) is 0 Å². The minimum Gasteiger partial charge on any atom is -0.327 e. The molecule has 1 aromatic rings. The fourth-order valence-electron chi connectivity index (χ4n) is 2.17. The van der Waals surface area contributed by atoms with Crippen molar-refractivity contribution in [2.45, 2.75) is 6.92 Å². The standard InChI is InChI=1S/C16H21N3O/c1-2-18-11-13-19(14-12-18)16(20)17-10-6-9-15-7-4-3-5-8-15/h3-5,7-8H,2,10-14H2,1H3,(H,17,20). The Morgan fingerprint density at radius 2 is 1.90 bits per heavy atom. The van der Waals surface area contributed by atoms with E-state index in [-0.39, 0.29) is 6.03 Å². The first-order valence-electron chi connectivity index (χ1n) is 7.08. The van der Waals surface area contributed by atoms with Crippen molar-refractivity contribution in [2.24, 2.45) is 0 Å². The number of carbonyl (C=O) groups excluding carboxylic acids is 1. The van der Waals surface area contributed by atoms with E-state index in [1.165, 1.54) is 0 Å². The molecule has 1 aromatic carbocycles. The van der Waals surface area contributed by atoms with Crippen molar-refractivity contribution in [1.29, 1.82) is 0 Å². The van der Waals surface area contributed by atoms with Crippen molar-refractivity contribution >= 4 is 6.03 Å². The maximum Gasteiger partial charge on any atom is 0.318 e. The summed E-state index contributed by atoms with van der Waals surface area (Å²) in [5, 5.41) is 2.85. The van der Waals surface area contributed by atoms with Crippen LogP contribution in [-0.2, 0) is 0 Å². The molecule has 1 N–H and O–H groups in total. The van der Waals surface area contributed by atoms with Gasteiger partial charge in [-0.05, 0) is 18.7 Å². The topological polar surface area (TPSA) is 35.6 Å². The van der Waals surface area contributed by atoms with E-state index in [2.05, 4.69) is 29.0 Å². The van der Waals surface area contributed by atoms with Gasteiger partial charge in [-0.2, -0.15) is 0 Å². The highest BCUT2D eigenvalue weighted by Crippen LogP contribution is 2.01. The lowest BCUT2D eigenvalue weighted by Crippen LogP contribution is -2.51. The van der Waals surface area contributed by atoms with E-state index in [0.29, 0.717) is 6.54 Å². The number of nitrogens with one attached hydrogen (secondary N) is 1. The maximum absolute atomic E-state index is 11.9. The highest BCUT2D eigenvalue weighted by atomic mass is 16.2. The molecule has 0 bridgehead atoms. The first kappa shape index (κ1) is 14.4. The van der Waals surface area contributed by atoms with Gasteiger partial charge in [-0.15, -0.1) is 0 Å². The summed E-state index contributed by atoms with van der Waals surface area (Å²) in [6.45, 7) is 7.10. The molecule has 0 saturated carbocycles. The molecule has 1 fully saturated rings. The third-order valence-electron chi connectivity index (χ3n) is 3.44. The molecule has 2 amide bonds. The zero-order valence-corrected chi connectivity index (χ0v) is 11.9. The van der Waals surface area contributed by atoms with E-state index >= 15 is 0 Å². The van der Waals surface area contributed by atoms with Gasteiger partial charge in [0, 0.05) is 31.7 Å². The summed E-state index contributed by atoms with van der Waals surface area (Å²) < 4.78 is 0. The Morgan fingerprint density at radius 1 is 1.20 bits per heavy atom. The van der Waals surface area contributed by atoms with Crippen LogP contribution in [-0.4, -0.2) is 55.1 Å². The van der Waals surface area contributed by atoms with Gasteiger partial charge in [-0.1, -0.05) is 37.0 Å². The third-order valence-corrected chi connectivity index (χ3v) is 3.44. The summed E-state index contributed by atoms with van der Waals surface area (Å²) >= 11 is 0. The smallest absolute Gasteiger partial charge is 0.318 e. The average molecular weight is 271 g/mol. The zero-order valence-electron chi connectivity index (χ0n) is 11.9. The predicted octanol–water partition coefficient (Wildman–Crippen LogP) is 1.39. The summed E-state index contributed by atoms with van der Waals surface area (Å²) in [5.41, 5.74) is 0.971. The zero-order chi connectivity index (χ0) is 14.2. The van der Waals surface area contributed by atoms with Crippen LogP contribution in [0, 0.1) is 11.8 Å². The maximum atomic E-state index is 11.9. The number of urea groups is 1. The van der Waals surface area contributed by atoms with Crippen LogP contribution < -0.4 is 5.32 Å². The van der Waals surface area contributed by atoms with Crippen molar-refractivity contribution in [1.82, 2.24) is 15.1 Å². The predicted molar refractivity (Wildman–Crippen MR) is 80.4 cm³/mol. The number of hydrogen-bond acceptors (Lipinski definition) is 2. The molecule has 2 rings (SSSR count). The van der Waals surface area contributed by atoms with Gasteiger partial charge in [0.1, 0.15) is 0 Å². The number of piperazine rings is 1. The molecule has 106 valence electrons. The lowest BCUT2D eigenvalue weighted by Gasteiger charge is -2.33. The SMILES string of the molecule is CCN1CCN(C(=O)NCC#Cc2ccccc2)CC1. The second-order valence-electron chi connectivity index (χ2n) is 4.75. The Bertz CT molecular complexity index is 481. The quantitative estimate of drug-likeness (QED) is 0.825. The summed E-state index contributed by atoms with van der Waals surface area (Å²) in [7, 11) is 0. The van der Waals surface area contributed by atoms with Gasteiger partial charge in [-0.3, -0.25) is 0 Å². The molecule has 1 aliphatic heterocycles. The molecule has 0 radical (unpaired) electrons. The van der Waals surface area contributed by atoms with Crippen LogP contribution in [0.3, 0.4) is 0 Å². The number of rotatable bonds is 2. The number of amides is 2. The molecule has 0 unspecified atom stereocenters.